The summed E-state index contributed by atoms with van der Waals surface area (Å²) < 4.78 is 0. The van der Waals surface area contributed by atoms with Crippen LogP contribution in [0.1, 0.15) is 10.4 Å². The Labute approximate surface area is 102 Å². The van der Waals surface area contributed by atoms with Crippen LogP contribution >= 0.6 is 35.6 Å². The maximum Gasteiger partial charge on any atom is 0.252 e. The third kappa shape index (κ3) is 2.25. The molecule has 76 valence electrons. The van der Waals surface area contributed by atoms with E-state index in [1.165, 1.54) is 0 Å². The standard InChI is InChI=1S/C11H7ClOS2/c12-11(13)7-3-4-9(14)8(6-7)10-2-1-5-15-10/h1-6,14H. The van der Waals surface area contributed by atoms with Crippen molar-refractivity contribution in [2.24, 2.45) is 0 Å². The smallest absolute Gasteiger partial charge is 0.252 e. The molecule has 1 aromatic carbocycles. The predicted octanol–water partition coefficient (Wildman–Crippen LogP) is 4.08. The minimum atomic E-state index is -0.443. The Hall–Kier alpha value is -0.770. The quantitative estimate of drug-likeness (QED) is 0.631. The van der Waals surface area contributed by atoms with Crippen LogP contribution < -0.4 is 0 Å². The highest BCUT2D eigenvalue weighted by Gasteiger charge is 2.08. The Balaban J connectivity index is 2.55. The molecule has 1 nitrogen and oxygen atoms in total. The first-order valence-electron chi connectivity index (χ1n) is 4.25. The molecule has 0 atom stereocenters. The molecular formula is C11H7ClOS2. The highest BCUT2D eigenvalue weighted by Crippen LogP contribution is 2.31. The SMILES string of the molecule is O=C(Cl)c1ccc(S)c(-c2cccs2)c1. The zero-order valence-corrected chi connectivity index (χ0v) is 10.1. The van der Waals surface area contributed by atoms with Gasteiger partial charge in [0.25, 0.3) is 5.24 Å². The summed E-state index contributed by atoms with van der Waals surface area (Å²) in [5.74, 6) is 0. The van der Waals surface area contributed by atoms with Gasteiger partial charge in [-0.3, -0.25) is 4.79 Å². The Bertz CT molecular complexity index is 491. The molecule has 0 saturated heterocycles. The van der Waals surface area contributed by atoms with Gasteiger partial charge in [-0.2, -0.15) is 0 Å². The first-order chi connectivity index (χ1) is 7.18. The molecule has 0 saturated carbocycles. The average Bonchev–Trinajstić information content (AvgIpc) is 2.71. The van der Waals surface area contributed by atoms with E-state index in [9.17, 15) is 4.79 Å². The van der Waals surface area contributed by atoms with Crippen LogP contribution in [0.4, 0.5) is 0 Å². The molecular weight excluding hydrogens is 248 g/mol. The summed E-state index contributed by atoms with van der Waals surface area (Å²) in [5.41, 5.74) is 1.44. The Morgan fingerprint density at radius 1 is 1.33 bits per heavy atom. The number of hydrogen-bond acceptors (Lipinski definition) is 3. The van der Waals surface area contributed by atoms with Crippen molar-refractivity contribution in [3.8, 4) is 10.4 Å². The van der Waals surface area contributed by atoms with Gasteiger partial charge >= 0.3 is 0 Å². The lowest BCUT2D eigenvalue weighted by Gasteiger charge is -2.03. The van der Waals surface area contributed by atoms with Gasteiger partial charge in [-0.1, -0.05) is 6.07 Å². The summed E-state index contributed by atoms with van der Waals surface area (Å²) in [5, 5.41) is 1.54. The highest BCUT2D eigenvalue weighted by atomic mass is 35.5. The summed E-state index contributed by atoms with van der Waals surface area (Å²) in [4.78, 5) is 13.0. The highest BCUT2D eigenvalue weighted by molar-refractivity contribution is 7.80. The Morgan fingerprint density at radius 3 is 2.73 bits per heavy atom. The topological polar surface area (TPSA) is 17.1 Å². The molecule has 0 N–H and O–H groups in total. The normalized spacial score (nSPS) is 10.3. The minimum absolute atomic E-state index is 0.443. The molecule has 4 heteroatoms. The van der Waals surface area contributed by atoms with E-state index in [4.69, 9.17) is 11.6 Å². The largest absolute Gasteiger partial charge is 0.276 e. The fraction of sp³-hybridized carbons (Fsp3) is 0. The van der Waals surface area contributed by atoms with Crippen LogP contribution in [-0.4, -0.2) is 5.24 Å². The molecule has 0 aliphatic rings. The molecule has 0 radical (unpaired) electrons. The number of halogens is 1. The number of thiol groups is 1. The van der Waals surface area contributed by atoms with Gasteiger partial charge in [0, 0.05) is 20.9 Å². The van der Waals surface area contributed by atoms with Gasteiger partial charge in [-0.05, 0) is 41.2 Å². The van der Waals surface area contributed by atoms with Gasteiger partial charge < -0.3 is 0 Å². The molecule has 1 heterocycles. The zero-order chi connectivity index (χ0) is 10.8. The lowest BCUT2D eigenvalue weighted by molar-refractivity contribution is 0.108. The van der Waals surface area contributed by atoms with Crippen molar-refractivity contribution in [3.63, 3.8) is 0 Å². The van der Waals surface area contributed by atoms with E-state index in [-0.39, 0.29) is 0 Å². The van der Waals surface area contributed by atoms with E-state index < -0.39 is 5.24 Å². The van der Waals surface area contributed by atoms with Crippen LogP contribution in [0.25, 0.3) is 10.4 Å². The van der Waals surface area contributed by atoms with E-state index in [1.54, 1.807) is 29.5 Å². The summed E-state index contributed by atoms with van der Waals surface area (Å²) in [6.07, 6.45) is 0. The fourth-order valence-corrected chi connectivity index (χ4v) is 2.50. The van der Waals surface area contributed by atoms with Crippen LogP contribution in [0, 0.1) is 0 Å². The van der Waals surface area contributed by atoms with Gasteiger partial charge in [0.1, 0.15) is 0 Å². The second-order valence-corrected chi connectivity index (χ2v) is 4.76. The Kier molecular flexibility index (Phi) is 3.14. The van der Waals surface area contributed by atoms with Crippen LogP contribution in [0.5, 0.6) is 0 Å². The summed E-state index contributed by atoms with van der Waals surface area (Å²) in [6, 6.07) is 9.18. The molecule has 2 aromatic rings. The van der Waals surface area contributed by atoms with E-state index in [1.807, 2.05) is 17.5 Å². The van der Waals surface area contributed by atoms with Gasteiger partial charge in [-0.25, -0.2) is 0 Å². The fourth-order valence-electron chi connectivity index (χ4n) is 1.29. The number of carbonyl (C=O) groups excluding carboxylic acids is 1. The monoisotopic (exact) mass is 254 g/mol. The van der Waals surface area contributed by atoms with Crippen molar-refractivity contribution in [2.75, 3.05) is 0 Å². The number of benzene rings is 1. The molecule has 2 rings (SSSR count). The van der Waals surface area contributed by atoms with Crippen molar-refractivity contribution < 1.29 is 4.79 Å². The number of thiophene rings is 1. The van der Waals surface area contributed by atoms with Crippen molar-refractivity contribution >= 4 is 40.8 Å². The number of rotatable bonds is 2. The molecule has 0 aliphatic heterocycles. The number of hydrogen-bond donors (Lipinski definition) is 1. The van der Waals surface area contributed by atoms with Crippen molar-refractivity contribution in [1.29, 1.82) is 0 Å². The summed E-state index contributed by atoms with van der Waals surface area (Å²) in [7, 11) is 0. The van der Waals surface area contributed by atoms with Crippen molar-refractivity contribution in [2.45, 2.75) is 4.90 Å². The maximum absolute atomic E-state index is 11.0. The third-order valence-corrected chi connectivity index (χ3v) is 3.52. The van der Waals surface area contributed by atoms with Crippen LogP contribution in [0.3, 0.4) is 0 Å². The van der Waals surface area contributed by atoms with Crippen LogP contribution in [-0.2, 0) is 0 Å². The molecule has 1 aromatic heterocycles. The van der Waals surface area contributed by atoms with Crippen LogP contribution in [0.2, 0.25) is 0 Å². The maximum atomic E-state index is 11.0. The van der Waals surface area contributed by atoms with Crippen molar-refractivity contribution in [1.82, 2.24) is 0 Å². The third-order valence-electron chi connectivity index (χ3n) is 2.01. The molecule has 15 heavy (non-hydrogen) atoms. The first kappa shape index (κ1) is 10.7. The Morgan fingerprint density at radius 2 is 2.13 bits per heavy atom. The molecule has 0 aliphatic carbocycles. The molecule has 0 unspecified atom stereocenters. The van der Waals surface area contributed by atoms with E-state index in [0.29, 0.717) is 5.56 Å². The lowest BCUT2D eigenvalue weighted by atomic mass is 10.1. The van der Waals surface area contributed by atoms with Gasteiger partial charge in [0.2, 0.25) is 0 Å². The minimum Gasteiger partial charge on any atom is -0.276 e. The van der Waals surface area contributed by atoms with Crippen LogP contribution in [0.15, 0.2) is 40.6 Å². The van der Waals surface area contributed by atoms with E-state index in [2.05, 4.69) is 12.6 Å². The molecule has 0 spiro atoms. The molecule has 0 fully saturated rings. The van der Waals surface area contributed by atoms with Crippen molar-refractivity contribution in [3.05, 3.63) is 41.3 Å². The predicted molar refractivity (Wildman–Crippen MR) is 67.2 cm³/mol. The second kappa shape index (κ2) is 4.39. The summed E-state index contributed by atoms with van der Waals surface area (Å²) in [6.45, 7) is 0. The first-order valence-corrected chi connectivity index (χ1v) is 5.95. The average molecular weight is 255 g/mol. The zero-order valence-electron chi connectivity index (χ0n) is 7.61. The van der Waals surface area contributed by atoms with Gasteiger partial charge in [-0.15, -0.1) is 24.0 Å². The molecule has 0 amide bonds. The van der Waals surface area contributed by atoms with E-state index in [0.717, 1.165) is 15.3 Å². The second-order valence-electron chi connectivity index (χ2n) is 2.98. The van der Waals surface area contributed by atoms with Gasteiger partial charge in [0.15, 0.2) is 0 Å². The van der Waals surface area contributed by atoms with E-state index >= 15 is 0 Å². The lowest BCUT2D eigenvalue weighted by Crippen LogP contribution is -1.89. The van der Waals surface area contributed by atoms with Gasteiger partial charge in [0.05, 0.1) is 0 Å². The summed E-state index contributed by atoms with van der Waals surface area (Å²) >= 11 is 11.4. The molecule has 0 bridgehead atoms. The number of carbonyl (C=O) groups is 1.